The van der Waals surface area contributed by atoms with Crippen molar-refractivity contribution < 1.29 is 0 Å². The van der Waals surface area contributed by atoms with Gasteiger partial charge in [0.2, 0.25) is 0 Å². The van der Waals surface area contributed by atoms with Gasteiger partial charge in [0.05, 0.1) is 0 Å². The Hall–Kier alpha value is -2.34. The molecule has 0 atom stereocenters. The third-order valence-electron chi connectivity index (χ3n) is 4.66. The lowest BCUT2D eigenvalue weighted by Crippen LogP contribution is -1.93. The van der Waals surface area contributed by atoms with Crippen molar-refractivity contribution >= 4 is 22.4 Å². The molecule has 0 heterocycles. The first-order valence-corrected chi connectivity index (χ1v) is 8.04. The molecule has 108 valence electrons. The largest absolute Gasteiger partial charge is 0.0619 e. The van der Waals surface area contributed by atoms with Crippen LogP contribution in [-0.2, 0) is 6.42 Å². The predicted octanol–water partition coefficient (Wildman–Crippen LogP) is 6.06. The average Bonchev–Trinajstić information content (AvgIpc) is 2.97. The number of fused-ring (bicyclic) bond motifs is 2. The van der Waals surface area contributed by atoms with E-state index in [1.165, 1.54) is 38.6 Å². The van der Waals surface area contributed by atoms with Crippen LogP contribution in [0.2, 0.25) is 0 Å². The van der Waals surface area contributed by atoms with Gasteiger partial charge in [-0.15, -0.1) is 0 Å². The fourth-order valence-electron chi connectivity index (χ4n) is 3.39. The number of benzene rings is 3. The van der Waals surface area contributed by atoms with E-state index in [-0.39, 0.29) is 0 Å². The van der Waals surface area contributed by atoms with Crippen molar-refractivity contribution in [2.24, 2.45) is 0 Å². The van der Waals surface area contributed by atoms with Gasteiger partial charge in [0.15, 0.2) is 0 Å². The Morgan fingerprint density at radius 3 is 2.45 bits per heavy atom. The molecule has 1 aliphatic rings. The monoisotopic (exact) mass is 284 g/mol. The second kappa shape index (κ2) is 5.14. The van der Waals surface area contributed by atoms with Crippen LogP contribution in [0, 0.1) is 0 Å². The molecule has 22 heavy (non-hydrogen) atoms. The van der Waals surface area contributed by atoms with Crippen molar-refractivity contribution in [2.45, 2.75) is 26.2 Å². The fraction of sp³-hybridized carbons (Fsp3) is 0.182. The Morgan fingerprint density at radius 2 is 1.64 bits per heavy atom. The van der Waals surface area contributed by atoms with Crippen molar-refractivity contribution in [3.63, 3.8) is 0 Å². The molecular weight excluding hydrogens is 264 g/mol. The van der Waals surface area contributed by atoms with Crippen LogP contribution in [0.1, 0.15) is 42.0 Å². The van der Waals surface area contributed by atoms with Gasteiger partial charge < -0.3 is 0 Å². The van der Waals surface area contributed by atoms with E-state index in [2.05, 4.69) is 80.6 Å². The predicted molar refractivity (Wildman–Crippen MR) is 96.1 cm³/mol. The highest BCUT2D eigenvalue weighted by atomic mass is 14.2. The van der Waals surface area contributed by atoms with Crippen molar-refractivity contribution in [1.82, 2.24) is 0 Å². The second-order valence-electron chi connectivity index (χ2n) is 6.49. The lowest BCUT2D eigenvalue weighted by molar-refractivity contribution is 0.868. The molecule has 0 bridgehead atoms. The molecule has 0 aliphatic heterocycles. The first-order chi connectivity index (χ1) is 10.7. The maximum absolute atomic E-state index is 2.39. The van der Waals surface area contributed by atoms with E-state index < -0.39 is 0 Å². The van der Waals surface area contributed by atoms with Crippen LogP contribution in [0.3, 0.4) is 0 Å². The van der Waals surface area contributed by atoms with E-state index >= 15 is 0 Å². The third kappa shape index (κ3) is 2.16. The standard InChI is InChI=1S/C22H20/c1-15(2)19-13-18-9-5-6-10-21(18)22(14-19)20-11-16-7-3-4-8-17(16)12-20/h3-11,13-15H,12H2,1-2H3. The van der Waals surface area contributed by atoms with Gasteiger partial charge in [-0.05, 0) is 50.9 Å². The summed E-state index contributed by atoms with van der Waals surface area (Å²) in [5.74, 6) is 0.549. The summed E-state index contributed by atoms with van der Waals surface area (Å²) in [5, 5.41) is 2.71. The van der Waals surface area contributed by atoms with E-state index in [1.807, 2.05) is 0 Å². The van der Waals surface area contributed by atoms with Crippen LogP contribution in [0.5, 0.6) is 0 Å². The molecule has 0 nitrogen and oxygen atoms in total. The van der Waals surface area contributed by atoms with Gasteiger partial charge in [0.25, 0.3) is 0 Å². The summed E-state index contributed by atoms with van der Waals surface area (Å²) in [6, 6.07) is 22.2. The molecule has 0 heteroatoms. The van der Waals surface area contributed by atoms with Crippen LogP contribution < -0.4 is 0 Å². The van der Waals surface area contributed by atoms with Gasteiger partial charge in [-0.2, -0.15) is 0 Å². The van der Waals surface area contributed by atoms with E-state index in [0.29, 0.717) is 5.92 Å². The molecule has 3 aromatic rings. The highest BCUT2D eigenvalue weighted by Gasteiger charge is 2.16. The van der Waals surface area contributed by atoms with Gasteiger partial charge >= 0.3 is 0 Å². The van der Waals surface area contributed by atoms with Gasteiger partial charge in [-0.25, -0.2) is 0 Å². The van der Waals surface area contributed by atoms with Crippen LogP contribution in [0.4, 0.5) is 0 Å². The minimum absolute atomic E-state index is 0.549. The van der Waals surface area contributed by atoms with Gasteiger partial charge in [0, 0.05) is 0 Å². The third-order valence-corrected chi connectivity index (χ3v) is 4.66. The van der Waals surface area contributed by atoms with E-state index in [9.17, 15) is 0 Å². The number of allylic oxidation sites excluding steroid dienone is 1. The molecule has 1 aliphatic carbocycles. The van der Waals surface area contributed by atoms with Crippen molar-refractivity contribution in [3.05, 3.63) is 82.9 Å². The maximum Gasteiger partial charge on any atom is -0.00135 e. The normalized spacial score (nSPS) is 13.5. The van der Waals surface area contributed by atoms with E-state index in [4.69, 9.17) is 0 Å². The van der Waals surface area contributed by atoms with Gasteiger partial charge in [-0.1, -0.05) is 80.6 Å². The molecule has 0 unspecified atom stereocenters. The lowest BCUT2D eigenvalue weighted by Gasteiger charge is -2.13. The van der Waals surface area contributed by atoms with Crippen molar-refractivity contribution in [2.75, 3.05) is 0 Å². The summed E-state index contributed by atoms with van der Waals surface area (Å²) in [5.41, 5.74) is 7.08. The molecule has 0 radical (unpaired) electrons. The smallest absolute Gasteiger partial charge is 0.00135 e. The quantitative estimate of drug-likeness (QED) is 0.536. The summed E-state index contributed by atoms with van der Waals surface area (Å²) >= 11 is 0. The highest BCUT2D eigenvalue weighted by molar-refractivity contribution is 6.00. The molecule has 0 saturated heterocycles. The topological polar surface area (TPSA) is 0 Å². The van der Waals surface area contributed by atoms with Gasteiger partial charge in [-0.3, -0.25) is 0 Å². The minimum atomic E-state index is 0.549. The molecule has 0 N–H and O–H groups in total. The fourth-order valence-corrected chi connectivity index (χ4v) is 3.39. The SMILES string of the molecule is CC(C)c1cc(C2=Cc3ccccc3C2)c2ccccc2c1. The molecular formula is C22H20. The van der Waals surface area contributed by atoms with Crippen LogP contribution in [0.25, 0.3) is 22.4 Å². The summed E-state index contributed by atoms with van der Waals surface area (Å²) in [7, 11) is 0. The molecule has 0 amide bonds. The number of hydrogen-bond acceptors (Lipinski definition) is 0. The number of hydrogen-bond donors (Lipinski definition) is 0. The Labute approximate surface area is 132 Å². The zero-order valence-corrected chi connectivity index (χ0v) is 13.1. The summed E-state index contributed by atoms with van der Waals surface area (Å²) < 4.78 is 0. The molecule has 0 saturated carbocycles. The first kappa shape index (κ1) is 13.3. The molecule has 0 aromatic heterocycles. The van der Waals surface area contributed by atoms with Crippen molar-refractivity contribution in [3.8, 4) is 0 Å². The van der Waals surface area contributed by atoms with Gasteiger partial charge in [0.1, 0.15) is 0 Å². The summed E-state index contributed by atoms with van der Waals surface area (Å²) in [6.07, 6.45) is 3.41. The van der Waals surface area contributed by atoms with Crippen molar-refractivity contribution in [1.29, 1.82) is 0 Å². The number of rotatable bonds is 2. The highest BCUT2D eigenvalue weighted by Crippen LogP contribution is 2.36. The molecule has 4 rings (SSSR count). The molecule has 0 fully saturated rings. The minimum Gasteiger partial charge on any atom is -0.0619 e. The van der Waals surface area contributed by atoms with E-state index in [0.717, 1.165) is 6.42 Å². The Kier molecular flexibility index (Phi) is 3.11. The Bertz CT molecular complexity index is 881. The van der Waals surface area contributed by atoms with E-state index in [1.54, 1.807) is 0 Å². The molecule has 0 spiro atoms. The van der Waals surface area contributed by atoms with Crippen LogP contribution in [-0.4, -0.2) is 0 Å². The Morgan fingerprint density at radius 1 is 0.864 bits per heavy atom. The zero-order valence-electron chi connectivity index (χ0n) is 13.1. The molecule has 3 aromatic carbocycles. The first-order valence-electron chi connectivity index (χ1n) is 8.04. The maximum atomic E-state index is 2.39. The summed E-state index contributed by atoms with van der Waals surface area (Å²) in [6.45, 7) is 4.54. The van der Waals surface area contributed by atoms with Crippen LogP contribution in [0.15, 0.2) is 60.7 Å². The average molecular weight is 284 g/mol. The lowest BCUT2D eigenvalue weighted by atomic mass is 9.91. The second-order valence-corrected chi connectivity index (χ2v) is 6.49. The van der Waals surface area contributed by atoms with Crippen LogP contribution >= 0.6 is 0 Å². The Balaban J connectivity index is 1.92. The summed E-state index contributed by atoms with van der Waals surface area (Å²) in [4.78, 5) is 0. The zero-order chi connectivity index (χ0) is 15.1.